The monoisotopic (exact) mass is 249 g/mol. The van der Waals surface area contributed by atoms with E-state index >= 15 is 0 Å². The predicted molar refractivity (Wildman–Crippen MR) is 63.6 cm³/mol. The van der Waals surface area contributed by atoms with E-state index in [-0.39, 0.29) is 12.5 Å². The van der Waals surface area contributed by atoms with E-state index in [1.54, 1.807) is 11.0 Å². The molecule has 0 aromatic heterocycles. The number of aliphatic hydroxyl groups excluding tert-OH is 1. The lowest BCUT2D eigenvalue weighted by Gasteiger charge is -2.28. The van der Waals surface area contributed by atoms with Crippen molar-refractivity contribution in [1.82, 2.24) is 4.90 Å². The van der Waals surface area contributed by atoms with Crippen LogP contribution in [0, 0.1) is 0 Å². The first-order valence-electron chi connectivity index (χ1n) is 6.09. The summed E-state index contributed by atoms with van der Waals surface area (Å²) < 4.78 is 11.2. The number of nitrogens with zero attached hydrogens (tertiary/aromatic N) is 1. The molecule has 2 heterocycles. The Morgan fingerprint density at radius 2 is 2.11 bits per heavy atom. The quantitative estimate of drug-likeness (QED) is 0.783. The number of hydrogen-bond donors (Lipinski definition) is 1. The van der Waals surface area contributed by atoms with Crippen molar-refractivity contribution >= 4 is 5.91 Å². The molecule has 1 amide bonds. The summed E-state index contributed by atoms with van der Waals surface area (Å²) in [4.78, 5) is 13.8. The first kappa shape index (κ1) is 11.3. The first-order valence-corrected chi connectivity index (χ1v) is 6.09. The maximum absolute atomic E-state index is 12.2. The second-order valence-corrected chi connectivity index (χ2v) is 4.59. The summed E-state index contributed by atoms with van der Waals surface area (Å²) in [6.07, 6.45) is -0.383. The standard InChI is InChI=1S/C13H15NO4/c15-9-5-6-14(7-9)13(16)12-8-17-10-3-1-2-4-11(10)18-12/h1-4,9,12,15H,5-8H2/t9-,12-/m1/s1. The van der Waals surface area contributed by atoms with Crippen molar-refractivity contribution in [2.24, 2.45) is 0 Å². The Kier molecular flexibility index (Phi) is 2.83. The molecule has 2 atom stereocenters. The SMILES string of the molecule is O=C([C@H]1COc2ccccc2O1)N1CC[C@@H](O)C1. The minimum absolute atomic E-state index is 0.110. The fraction of sp³-hybridized carbons (Fsp3) is 0.462. The summed E-state index contributed by atoms with van der Waals surface area (Å²) in [7, 11) is 0. The molecule has 0 unspecified atom stereocenters. The number of aliphatic hydroxyl groups is 1. The van der Waals surface area contributed by atoms with Crippen LogP contribution in [-0.2, 0) is 4.79 Å². The van der Waals surface area contributed by atoms with Gasteiger partial charge in [0.15, 0.2) is 11.5 Å². The highest BCUT2D eigenvalue weighted by Crippen LogP contribution is 2.31. The second-order valence-electron chi connectivity index (χ2n) is 4.59. The van der Waals surface area contributed by atoms with Crippen LogP contribution < -0.4 is 9.47 Å². The van der Waals surface area contributed by atoms with Crippen LogP contribution in [0.2, 0.25) is 0 Å². The van der Waals surface area contributed by atoms with Crippen LogP contribution >= 0.6 is 0 Å². The van der Waals surface area contributed by atoms with E-state index in [0.717, 1.165) is 0 Å². The largest absolute Gasteiger partial charge is 0.485 e. The van der Waals surface area contributed by atoms with Gasteiger partial charge in [0.25, 0.3) is 5.91 Å². The molecular formula is C13H15NO4. The molecule has 1 saturated heterocycles. The number of carbonyl (C=O) groups excluding carboxylic acids is 1. The summed E-state index contributed by atoms with van der Waals surface area (Å²) in [6, 6.07) is 7.30. The van der Waals surface area contributed by atoms with Gasteiger partial charge in [-0.15, -0.1) is 0 Å². The highest BCUT2D eigenvalue weighted by Gasteiger charge is 2.34. The van der Waals surface area contributed by atoms with Gasteiger partial charge in [0.05, 0.1) is 6.10 Å². The van der Waals surface area contributed by atoms with Gasteiger partial charge in [0, 0.05) is 13.1 Å². The van der Waals surface area contributed by atoms with Crippen LogP contribution in [0.15, 0.2) is 24.3 Å². The summed E-state index contributed by atoms with van der Waals surface area (Å²) >= 11 is 0. The van der Waals surface area contributed by atoms with Gasteiger partial charge in [-0.2, -0.15) is 0 Å². The summed E-state index contributed by atoms with van der Waals surface area (Å²) in [5.41, 5.74) is 0. The third kappa shape index (κ3) is 2.01. The Hall–Kier alpha value is -1.75. The molecule has 0 spiro atoms. The Morgan fingerprint density at radius 1 is 1.33 bits per heavy atom. The number of ether oxygens (including phenoxy) is 2. The van der Waals surface area contributed by atoms with Crippen molar-refractivity contribution in [3.8, 4) is 11.5 Å². The van der Waals surface area contributed by atoms with Crippen LogP contribution in [0.1, 0.15) is 6.42 Å². The lowest BCUT2D eigenvalue weighted by atomic mass is 10.2. The molecule has 3 rings (SSSR count). The fourth-order valence-electron chi connectivity index (χ4n) is 2.29. The van der Waals surface area contributed by atoms with Crippen molar-refractivity contribution in [3.05, 3.63) is 24.3 Å². The zero-order chi connectivity index (χ0) is 12.5. The number of para-hydroxylation sites is 2. The molecule has 96 valence electrons. The molecule has 5 heteroatoms. The normalized spacial score (nSPS) is 26.2. The number of benzene rings is 1. The summed E-state index contributed by atoms with van der Waals surface area (Å²) in [5.74, 6) is 1.16. The molecule has 0 aliphatic carbocycles. The van der Waals surface area contributed by atoms with Gasteiger partial charge in [0.1, 0.15) is 6.61 Å². The predicted octanol–water partition coefficient (Wildman–Crippen LogP) is 0.420. The highest BCUT2D eigenvalue weighted by molar-refractivity contribution is 5.82. The number of β-amino-alcohol motifs (C(OH)–C–C–N with tert-alkyl or cyclic N) is 1. The van der Waals surface area contributed by atoms with Crippen LogP contribution in [-0.4, -0.2) is 47.8 Å². The second kappa shape index (κ2) is 4.49. The average Bonchev–Trinajstić information content (AvgIpc) is 2.84. The van der Waals surface area contributed by atoms with E-state index in [2.05, 4.69) is 0 Å². The fourth-order valence-corrected chi connectivity index (χ4v) is 2.29. The molecule has 0 radical (unpaired) electrons. The van der Waals surface area contributed by atoms with E-state index in [1.165, 1.54) is 0 Å². The molecule has 0 saturated carbocycles. The third-order valence-electron chi connectivity index (χ3n) is 3.26. The smallest absolute Gasteiger partial charge is 0.267 e. The zero-order valence-electron chi connectivity index (χ0n) is 9.91. The van der Waals surface area contributed by atoms with Crippen LogP contribution in [0.25, 0.3) is 0 Å². The Bertz CT molecular complexity index is 462. The van der Waals surface area contributed by atoms with Crippen LogP contribution in [0.5, 0.6) is 11.5 Å². The lowest BCUT2D eigenvalue weighted by Crippen LogP contribution is -2.45. The Morgan fingerprint density at radius 3 is 2.83 bits per heavy atom. The van der Waals surface area contributed by atoms with Crippen molar-refractivity contribution in [2.75, 3.05) is 19.7 Å². The third-order valence-corrected chi connectivity index (χ3v) is 3.26. The average molecular weight is 249 g/mol. The topological polar surface area (TPSA) is 59.0 Å². The molecule has 2 aliphatic rings. The van der Waals surface area contributed by atoms with E-state index < -0.39 is 12.2 Å². The van der Waals surface area contributed by atoms with Crippen molar-refractivity contribution in [2.45, 2.75) is 18.6 Å². The van der Waals surface area contributed by atoms with E-state index in [9.17, 15) is 9.90 Å². The molecule has 1 fully saturated rings. The number of likely N-dealkylation sites (tertiary alicyclic amines) is 1. The molecule has 1 aromatic rings. The minimum atomic E-state index is -0.606. The maximum atomic E-state index is 12.2. The molecule has 2 aliphatic heterocycles. The minimum Gasteiger partial charge on any atom is -0.485 e. The van der Waals surface area contributed by atoms with Crippen molar-refractivity contribution in [3.63, 3.8) is 0 Å². The van der Waals surface area contributed by atoms with Gasteiger partial charge in [0.2, 0.25) is 6.10 Å². The molecule has 0 bridgehead atoms. The van der Waals surface area contributed by atoms with Gasteiger partial charge in [-0.1, -0.05) is 12.1 Å². The van der Waals surface area contributed by atoms with Crippen LogP contribution in [0.3, 0.4) is 0 Å². The Balaban J connectivity index is 1.70. The first-order chi connectivity index (χ1) is 8.74. The number of carbonyl (C=O) groups is 1. The number of amides is 1. The molecule has 5 nitrogen and oxygen atoms in total. The van der Waals surface area contributed by atoms with Gasteiger partial charge in [-0.05, 0) is 18.6 Å². The summed E-state index contributed by atoms with van der Waals surface area (Å²) in [6.45, 7) is 1.20. The number of hydrogen-bond acceptors (Lipinski definition) is 4. The molecule has 18 heavy (non-hydrogen) atoms. The highest BCUT2D eigenvalue weighted by atomic mass is 16.6. The van der Waals surface area contributed by atoms with Gasteiger partial charge in [-0.25, -0.2) is 0 Å². The van der Waals surface area contributed by atoms with E-state index in [4.69, 9.17) is 9.47 Å². The van der Waals surface area contributed by atoms with Crippen molar-refractivity contribution < 1.29 is 19.4 Å². The van der Waals surface area contributed by atoms with Gasteiger partial charge in [-0.3, -0.25) is 4.79 Å². The molecule has 1 aromatic carbocycles. The van der Waals surface area contributed by atoms with Gasteiger partial charge >= 0.3 is 0 Å². The van der Waals surface area contributed by atoms with Crippen LogP contribution in [0.4, 0.5) is 0 Å². The Labute approximate surface area is 105 Å². The molecule has 1 N–H and O–H groups in total. The van der Waals surface area contributed by atoms with E-state index in [0.29, 0.717) is 31.0 Å². The number of fused-ring (bicyclic) bond motifs is 1. The van der Waals surface area contributed by atoms with E-state index in [1.807, 2.05) is 18.2 Å². The van der Waals surface area contributed by atoms with Crippen molar-refractivity contribution in [1.29, 1.82) is 0 Å². The molecular weight excluding hydrogens is 234 g/mol. The lowest BCUT2D eigenvalue weighted by molar-refractivity contribution is -0.140. The zero-order valence-corrected chi connectivity index (χ0v) is 9.91. The van der Waals surface area contributed by atoms with Gasteiger partial charge < -0.3 is 19.5 Å². The maximum Gasteiger partial charge on any atom is 0.267 e. The number of rotatable bonds is 1. The summed E-state index contributed by atoms with van der Waals surface area (Å²) in [5, 5.41) is 9.44.